The molecule has 88 valence electrons. The minimum absolute atomic E-state index is 0.205. The van der Waals surface area contributed by atoms with Gasteiger partial charge in [0.05, 0.1) is 0 Å². The molecule has 2 N–H and O–H groups in total. The Balaban J connectivity index is 2.36. The Morgan fingerprint density at radius 1 is 1.25 bits per heavy atom. The highest BCUT2D eigenvalue weighted by Crippen LogP contribution is 2.36. The van der Waals surface area contributed by atoms with Gasteiger partial charge in [0, 0.05) is 5.54 Å². The predicted octanol–water partition coefficient (Wildman–Crippen LogP) is 2.16. The third kappa shape index (κ3) is 2.27. The van der Waals surface area contributed by atoms with E-state index in [4.69, 9.17) is 15.2 Å². The highest BCUT2D eigenvalue weighted by atomic mass is 19.1. The number of hydrogen-bond acceptors (Lipinski definition) is 3. The summed E-state index contributed by atoms with van der Waals surface area (Å²) >= 11 is 0. The average Bonchev–Trinajstić information content (AvgIpc) is 2.60. The Kier molecular flexibility index (Phi) is 2.76. The molecule has 1 heterocycles. The molecule has 0 radical (unpaired) electrons. The lowest BCUT2D eigenvalue weighted by molar-refractivity contribution is 0.174. The second-order valence-corrected chi connectivity index (χ2v) is 4.77. The Bertz CT molecular complexity index is 399. The molecule has 3 nitrogen and oxygen atoms in total. The minimum Gasteiger partial charge on any atom is -0.454 e. The van der Waals surface area contributed by atoms with E-state index >= 15 is 0 Å². The van der Waals surface area contributed by atoms with E-state index in [0.29, 0.717) is 23.5 Å². The molecule has 4 heteroatoms. The van der Waals surface area contributed by atoms with Crippen LogP contribution in [0.15, 0.2) is 12.1 Å². The first-order valence-corrected chi connectivity index (χ1v) is 5.26. The fourth-order valence-corrected chi connectivity index (χ4v) is 1.81. The second kappa shape index (κ2) is 3.94. The Hall–Kier alpha value is -1.29. The highest BCUT2D eigenvalue weighted by molar-refractivity contribution is 5.49. The fraction of sp³-hybridized carbons (Fsp3) is 0.500. The lowest BCUT2D eigenvalue weighted by Gasteiger charge is -2.20. The van der Waals surface area contributed by atoms with Crippen molar-refractivity contribution in [2.75, 3.05) is 6.79 Å². The standard InChI is InChI=1S/C12H16FNO2/c1-12(2,14)5-8-3-10-11(16-7-15-10)4-9(8)6-13/h3-4H,5-7,14H2,1-2H3. The number of nitrogens with two attached hydrogens (primary N) is 1. The summed E-state index contributed by atoms with van der Waals surface area (Å²) in [6.07, 6.45) is 0.614. The molecule has 0 spiro atoms. The van der Waals surface area contributed by atoms with E-state index in [9.17, 15) is 4.39 Å². The van der Waals surface area contributed by atoms with Gasteiger partial charge in [0.25, 0.3) is 0 Å². The van der Waals surface area contributed by atoms with Crippen LogP contribution in [0.1, 0.15) is 25.0 Å². The van der Waals surface area contributed by atoms with Crippen molar-refractivity contribution in [3.63, 3.8) is 0 Å². The van der Waals surface area contributed by atoms with Crippen molar-refractivity contribution in [1.82, 2.24) is 0 Å². The van der Waals surface area contributed by atoms with Crippen LogP contribution in [0.4, 0.5) is 4.39 Å². The molecular formula is C12H16FNO2. The van der Waals surface area contributed by atoms with Crippen LogP contribution in [0.3, 0.4) is 0 Å². The van der Waals surface area contributed by atoms with Gasteiger partial charge in [-0.3, -0.25) is 0 Å². The summed E-state index contributed by atoms with van der Waals surface area (Å²) in [5.74, 6) is 1.29. The third-order valence-electron chi connectivity index (χ3n) is 2.48. The molecule has 1 aliphatic rings. The lowest BCUT2D eigenvalue weighted by Crippen LogP contribution is -2.34. The number of fused-ring (bicyclic) bond motifs is 1. The summed E-state index contributed by atoms with van der Waals surface area (Å²) in [4.78, 5) is 0. The van der Waals surface area contributed by atoms with Crippen LogP contribution in [0.2, 0.25) is 0 Å². The average molecular weight is 225 g/mol. The van der Waals surface area contributed by atoms with Crippen molar-refractivity contribution in [3.8, 4) is 11.5 Å². The van der Waals surface area contributed by atoms with Crippen molar-refractivity contribution < 1.29 is 13.9 Å². The van der Waals surface area contributed by atoms with Crippen LogP contribution < -0.4 is 15.2 Å². The molecule has 16 heavy (non-hydrogen) atoms. The maximum absolute atomic E-state index is 12.9. The number of benzene rings is 1. The first-order valence-electron chi connectivity index (χ1n) is 5.26. The summed E-state index contributed by atoms with van der Waals surface area (Å²) in [5.41, 5.74) is 7.09. The first kappa shape index (κ1) is 11.2. The zero-order chi connectivity index (χ0) is 11.8. The number of alkyl halides is 1. The van der Waals surface area contributed by atoms with Crippen LogP contribution >= 0.6 is 0 Å². The molecule has 0 atom stereocenters. The van der Waals surface area contributed by atoms with Gasteiger partial charge in [-0.25, -0.2) is 4.39 Å². The van der Waals surface area contributed by atoms with Gasteiger partial charge in [0.15, 0.2) is 11.5 Å². The number of ether oxygens (including phenoxy) is 2. The topological polar surface area (TPSA) is 44.5 Å². The van der Waals surface area contributed by atoms with Gasteiger partial charge in [0.2, 0.25) is 6.79 Å². The van der Waals surface area contributed by atoms with Crippen LogP contribution in [0.25, 0.3) is 0 Å². The van der Waals surface area contributed by atoms with E-state index in [0.717, 1.165) is 5.56 Å². The maximum atomic E-state index is 12.9. The Labute approximate surface area is 94.3 Å². The molecule has 0 saturated carbocycles. The molecule has 0 aliphatic carbocycles. The number of rotatable bonds is 3. The van der Waals surface area contributed by atoms with Crippen LogP contribution in [-0.2, 0) is 13.1 Å². The van der Waals surface area contributed by atoms with Gasteiger partial charge >= 0.3 is 0 Å². The van der Waals surface area contributed by atoms with Crippen molar-refractivity contribution >= 4 is 0 Å². The Morgan fingerprint density at radius 3 is 2.31 bits per heavy atom. The smallest absolute Gasteiger partial charge is 0.231 e. The van der Waals surface area contributed by atoms with Gasteiger partial charge in [-0.2, -0.15) is 0 Å². The molecule has 0 fully saturated rings. The molecule has 0 amide bonds. The summed E-state index contributed by atoms with van der Waals surface area (Å²) < 4.78 is 23.4. The Morgan fingerprint density at radius 2 is 1.81 bits per heavy atom. The van der Waals surface area contributed by atoms with Gasteiger partial charge in [-0.05, 0) is 43.5 Å². The molecule has 2 rings (SSSR count). The van der Waals surface area contributed by atoms with Crippen molar-refractivity contribution in [2.45, 2.75) is 32.5 Å². The molecule has 1 aromatic rings. The third-order valence-corrected chi connectivity index (χ3v) is 2.48. The van der Waals surface area contributed by atoms with E-state index in [2.05, 4.69) is 0 Å². The van der Waals surface area contributed by atoms with Gasteiger partial charge in [0.1, 0.15) is 6.67 Å². The molecule has 0 bridgehead atoms. The van der Waals surface area contributed by atoms with E-state index < -0.39 is 6.67 Å². The van der Waals surface area contributed by atoms with Gasteiger partial charge in [-0.1, -0.05) is 0 Å². The van der Waals surface area contributed by atoms with Gasteiger partial charge in [-0.15, -0.1) is 0 Å². The summed E-state index contributed by atoms with van der Waals surface area (Å²) in [6, 6.07) is 3.52. The maximum Gasteiger partial charge on any atom is 0.231 e. The summed E-state index contributed by atoms with van der Waals surface area (Å²) in [5, 5.41) is 0. The zero-order valence-electron chi connectivity index (χ0n) is 9.55. The molecule has 0 saturated heterocycles. The van der Waals surface area contributed by atoms with Crippen LogP contribution in [-0.4, -0.2) is 12.3 Å². The number of hydrogen-bond donors (Lipinski definition) is 1. The van der Waals surface area contributed by atoms with Gasteiger partial charge < -0.3 is 15.2 Å². The van der Waals surface area contributed by atoms with E-state index in [1.807, 2.05) is 19.9 Å². The molecular weight excluding hydrogens is 209 g/mol. The van der Waals surface area contributed by atoms with Crippen molar-refractivity contribution in [2.24, 2.45) is 5.73 Å². The van der Waals surface area contributed by atoms with E-state index in [1.54, 1.807) is 6.07 Å². The summed E-state index contributed by atoms with van der Waals surface area (Å²) in [7, 11) is 0. The van der Waals surface area contributed by atoms with Crippen LogP contribution in [0, 0.1) is 0 Å². The zero-order valence-corrected chi connectivity index (χ0v) is 9.55. The largest absolute Gasteiger partial charge is 0.454 e. The van der Waals surface area contributed by atoms with Crippen molar-refractivity contribution in [1.29, 1.82) is 0 Å². The summed E-state index contributed by atoms with van der Waals surface area (Å²) in [6.45, 7) is 3.53. The highest BCUT2D eigenvalue weighted by Gasteiger charge is 2.20. The minimum atomic E-state index is -0.512. The normalized spacial score (nSPS) is 14.2. The first-order chi connectivity index (χ1) is 7.49. The monoisotopic (exact) mass is 225 g/mol. The predicted molar refractivity (Wildman–Crippen MR) is 59.3 cm³/mol. The molecule has 1 aliphatic heterocycles. The van der Waals surface area contributed by atoms with Crippen LogP contribution in [0.5, 0.6) is 11.5 Å². The number of halogens is 1. The SMILES string of the molecule is CC(C)(N)Cc1cc2c(cc1CF)OCO2. The molecule has 1 aromatic carbocycles. The van der Waals surface area contributed by atoms with Crippen molar-refractivity contribution in [3.05, 3.63) is 23.3 Å². The van der Waals surface area contributed by atoms with E-state index in [1.165, 1.54) is 0 Å². The second-order valence-electron chi connectivity index (χ2n) is 4.77. The molecule has 0 aromatic heterocycles. The lowest BCUT2D eigenvalue weighted by atomic mass is 9.93. The molecule has 0 unspecified atom stereocenters. The van der Waals surface area contributed by atoms with E-state index in [-0.39, 0.29) is 12.3 Å². The quantitative estimate of drug-likeness (QED) is 0.857. The fourth-order valence-electron chi connectivity index (χ4n) is 1.81.